The molecule has 1 aliphatic carbocycles. The van der Waals surface area contributed by atoms with Gasteiger partial charge in [0.2, 0.25) is 0 Å². The van der Waals surface area contributed by atoms with Gasteiger partial charge in [-0.1, -0.05) is 40.4 Å². The van der Waals surface area contributed by atoms with Gasteiger partial charge in [0.25, 0.3) is 0 Å². The SMILES string of the molecule is COCC1(C(C)(C)C)CCC(Oc2ccc(-c3ccc(-c4nc(C(F)(F)F)cn4COCC[Si](C)(C)C)cn3)cc2)CC1. The molecule has 3 aromatic rings. The van der Waals surface area contributed by atoms with E-state index in [1.807, 2.05) is 24.3 Å². The van der Waals surface area contributed by atoms with Crippen molar-refractivity contribution in [3.05, 3.63) is 54.5 Å². The number of benzene rings is 1. The lowest BCUT2D eigenvalue weighted by molar-refractivity contribution is -0.141. The molecule has 0 unspecified atom stereocenters. The monoisotopic (exact) mass is 617 g/mol. The number of pyridine rings is 1. The Morgan fingerprint density at radius 2 is 1.63 bits per heavy atom. The molecule has 10 heteroatoms. The van der Waals surface area contributed by atoms with Crippen molar-refractivity contribution in [1.29, 1.82) is 0 Å². The quantitative estimate of drug-likeness (QED) is 0.159. The van der Waals surface area contributed by atoms with Crippen LogP contribution in [0.2, 0.25) is 25.7 Å². The fourth-order valence-electron chi connectivity index (χ4n) is 5.67. The summed E-state index contributed by atoms with van der Waals surface area (Å²) in [7, 11) is 0.464. The summed E-state index contributed by atoms with van der Waals surface area (Å²) in [6.07, 6.45) is 2.29. The highest BCUT2D eigenvalue weighted by molar-refractivity contribution is 6.76. The van der Waals surface area contributed by atoms with Gasteiger partial charge in [0.05, 0.1) is 18.4 Å². The largest absolute Gasteiger partial charge is 0.490 e. The van der Waals surface area contributed by atoms with Crippen LogP contribution in [0.4, 0.5) is 13.2 Å². The summed E-state index contributed by atoms with van der Waals surface area (Å²) >= 11 is 0. The number of alkyl halides is 3. The van der Waals surface area contributed by atoms with Gasteiger partial charge < -0.3 is 18.8 Å². The lowest BCUT2D eigenvalue weighted by Gasteiger charge is -2.48. The van der Waals surface area contributed by atoms with Crippen molar-refractivity contribution in [2.75, 3.05) is 20.3 Å². The zero-order valence-electron chi connectivity index (χ0n) is 26.6. The Balaban J connectivity index is 1.41. The van der Waals surface area contributed by atoms with E-state index in [2.05, 4.69) is 50.4 Å². The van der Waals surface area contributed by atoms with Gasteiger partial charge >= 0.3 is 6.18 Å². The van der Waals surface area contributed by atoms with E-state index in [1.54, 1.807) is 25.4 Å². The third-order valence-electron chi connectivity index (χ3n) is 8.67. The number of aromatic nitrogens is 3. The first kappa shape index (κ1) is 33.2. The van der Waals surface area contributed by atoms with Crippen LogP contribution >= 0.6 is 0 Å². The van der Waals surface area contributed by atoms with Crippen molar-refractivity contribution in [1.82, 2.24) is 14.5 Å². The van der Waals surface area contributed by atoms with Crippen molar-refractivity contribution in [2.24, 2.45) is 10.8 Å². The van der Waals surface area contributed by atoms with E-state index in [0.29, 0.717) is 17.9 Å². The highest BCUT2D eigenvalue weighted by Crippen LogP contribution is 2.50. The molecule has 0 spiro atoms. The zero-order valence-corrected chi connectivity index (χ0v) is 27.6. The Morgan fingerprint density at radius 1 is 0.977 bits per heavy atom. The maximum atomic E-state index is 13.5. The molecule has 0 aliphatic heterocycles. The van der Waals surface area contributed by atoms with Crippen molar-refractivity contribution in [2.45, 2.75) is 91.2 Å². The highest BCUT2D eigenvalue weighted by Gasteiger charge is 2.44. The number of methoxy groups -OCH3 is 1. The van der Waals surface area contributed by atoms with E-state index >= 15 is 0 Å². The van der Waals surface area contributed by atoms with Crippen LogP contribution in [-0.4, -0.2) is 49.0 Å². The van der Waals surface area contributed by atoms with Crippen molar-refractivity contribution in [3.63, 3.8) is 0 Å². The maximum Gasteiger partial charge on any atom is 0.434 e. The van der Waals surface area contributed by atoms with Crippen molar-refractivity contribution >= 4 is 8.07 Å². The normalized spacial score (nSPS) is 19.9. The van der Waals surface area contributed by atoms with Gasteiger partial charge in [-0.25, -0.2) is 4.98 Å². The predicted molar refractivity (Wildman–Crippen MR) is 167 cm³/mol. The van der Waals surface area contributed by atoms with Crippen LogP contribution in [0.15, 0.2) is 48.8 Å². The molecule has 0 bridgehead atoms. The Morgan fingerprint density at radius 3 is 2.16 bits per heavy atom. The van der Waals surface area contributed by atoms with Crippen molar-refractivity contribution < 1.29 is 27.4 Å². The molecule has 0 atom stereocenters. The summed E-state index contributed by atoms with van der Waals surface area (Å²) in [5, 5.41) is 0. The van der Waals surface area contributed by atoms with Gasteiger partial charge in [0.15, 0.2) is 5.69 Å². The molecular weight excluding hydrogens is 571 g/mol. The molecule has 0 amide bonds. The Kier molecular flexibility index (Phi) is 10.1. The number of rotatable bonds is 11. The minimum Gasteiger partial charge on any atom is -0.490 e. The van der Waals surface area contributed by atoms with Crippen LogP contribution in [-0.2, 0) is 22.4 Å². The highest BCUT2D eigenvalue weighted by atomic mass is 28.3. The third-order valence-corrected chi connectivity index (χ3v) is 10.4. The van der Waals surface area contributed by atoms with E-state index in [1.165, 1.54) is 4.57 Å². The van der Waals surface area contributed by atoms with Crippen molar-refractivity contribution in [3.8, 4) is 28.4 Å². The minimum absolute atomic E-state index is 0.00330. The van der Waals surface area contributed by atoms with Gasteiger partial charge in [0, 0.05) is 45.3 Å². The van der Waals surface area contributed by atoms with Crippen LogP contribution in [0.1, 0.15) is 52.1 Å². The van der Waals surface area contributed by atoms with E-state index < -0.39 is 19.9 Å². The molecule has 43 heavy (non-hydrogen) atoms. The van der Waals surface area contributed by atoms with E-state index in [-0.39, 0.29) is 29.5 Å². The van der Waals surface area contributed by atoms with Crippen LogP contribution in [0.3, 0.4) is 0 Å². The fourth-order valence-corrected chi connectivity index (χ4v) is 6.42. The average Bonchev–Trinajstić information content (AvgIpc) is 3.37. The summed E-state index contributed by atoms with van der Waals surface area (Å²) in [4.78, 5) is 8.43. The second-order valence-corrected chi connectivity index (χ2v) is 19.6. The third kappa shape index (κ3) is 8.48. The molecule has 236 valence electrons. The summed E-state index contributed by atoms with van der Waals surface area (Å²) in [6.45, 7) is 14.8. The maximum absolute atomic E-state index is 13.5. The Labute approximate surface area is 255 Å². The van der Waals surface area contributed by atoms with E-state index in [0.717, 1.165) is 55.8 Å². The van der Waals surface area contributed by atoms with Gasteiger partial charge in [-0.3, -0.25) is 4.98 Å². The zero-order chi connectivity index (χ0) is 31.5. The molecule has 6 nitrogen and oxygen atoms in total. The molecular formula is C33H46F3N3O3Si. The lowest BCUT2D eigenvalue weighted by Crippen LogP contribution is -2.44. The molecule has 1 aromatic carbocycles. The topological polar surface area (TPSA) is 58.4 Å². The average molecular weight is 618 g/mol. The summed E-state index contributed by atoms with van der Waals surface area (Å²) in [5.74, 6) is 0.993. The Hall–Kier alpha value is -2.69. The lowest BCUT2D eigenvalue weighted by atomic mass is 9.59. The molecule has 1 saturated carbocycles. The van der Waals surface area contributed by atoms with Crippen LogP contribution in [0.25, 0.3) is 22.6 Å². The van der Waals surface area contributed by atoms with Crippen LogP contribution < -0.4 is 4.74 Å². The van der Waals surface area contributed by atoms with E-state index in [9.17, 15) is 13.2 Å². The van der Waals surface area contributed by atoms with Gasteiger partial charge in [-0.05, 0) is 79.0 Å². The first-order valence-electron chi connectivity index (χ1n) is 15.0. The first-order chi connectivity index (χ1) is 20.1. The number of ether oxygens (including phenoxy) is 3. The molecule has 1 fully saturated rings. The molecule has 0 radical (unpaired) electrons. The second-order valence-electron chi connectivity index (χ2n) is 14.0. The van der Waals surface area contributed by atoms with Gasteiger partial charge in [0.1, 0.15) is 18.3 Å². The minimum atomic E-state index is -4.55. The van der Waals surface area contributed by atoms with E-state index in [4.69, 9.17) is 14.2 Å². The van der Waals surface area contributed by atoms with Gasteiger partial charge in [-0.15, -0.1) is 0 Å². The fraction of sp³-hybridized carbons (Fsp3) is 0.576. The smallest absolute Gasteiger partial charge is 0.434 e. The molecule has 4 rings (SSSR count). The number of halogens is 3. The summed E-state index contributed by atoms with van der Waals surface area (Å²) in [5.41, 5.74) is 1.47. The number of hydrogen-bond donors (Lipinski definition) is 0. The standard InChI is InChI=1S/C33H46F3N3O3Si/c1-31(2,3)32(22-40-4)16-14-27(15-17-32)42-26-11-8-24(9-12-26)28-13-10-25(20-37-28)30-38-29(33(34,35)36)21-39(30)23-41-18-19-43(5,6)7/h8-13,20-21,27H,14-19,22-23H2,1-7H3. The molecule has 2 aromatic heterocycles. The summed E-state index contributed by atoms with van der Waals surface area (Å²) in [6, 6.07) is 12.3. The molecule has 0 saturated heterocycles. The second kappa shape index (κ2) is 13.1. The molecule has 1 aliphatic rings. The summed E-state index contributed by atoms with van der Waals surface area (Å²) < 4.78 is 59.5. The molecule has 0 N–H and O–H groups in total. The Bertz CT molecular complexity index is 1320. The molecule has 2 heterocycles. The predicted octanol–water partition coefficient (Wildman–Crippen LogP) is 8.94. The van der Waals surface area contributed by atoms with Gasteiger partial charge in [-0.2, -0.15) is 13.2 Å². The first-order valence-corrected chi connectivity index (χ1v) is 18.8. The number of imidazole rings is 1. The van der Waals surface area contributed by atoms with Crippen LogP contribution in [0, 0.1) is 10.8 Å². The van der Waals surface area contributed by atoms with Crippen LogP contribution in [0.5, 0.6) is 5.75 Å². The number of hydrogen-bond acceptors (Lipinski definition) is 5. The number of nitrogens with zero attached hydrogens (tertiary/aromatic N) is 3.